The summed E-state index contributed by atoms with van der Waals surface area (Å²) in [5, 5.41) is -1.91. The van der Waals surface area contributed by atoms with Gasteiger partial charge in [0.2, 0.25) is 0 Å². The predicted molar refractivity (Wildman–Crippen MR) is 164 cm³/mol. The van der Waals surface area contributed by atoms with Crippen LogP contribution in [0.1, 0.15) is 22.3 Å². The summed E-state index contributed by atoms with van der Waals surface area (Å²) < 4.78 is 128. The molecule has 6 heterocycles. The summed E-state index contributed by atoms with van der Waals surface area (Å²) in [4.78, 5) is 26.1. The van der Waals surface area contributed by atoms with Gasteiger partial charge in [-0.25, -0.2) is 65.1 Å². The maximum atomic E-state index is 15.9. The molecule has 18 heteroatoms. The third-order valence-electron chi connectivity index (χ3n) is 8.62. The van der Waals surface area contributed by atoms with Crippen LogP contribution >= 0.6 is 0 Å². The third kappa shape index (κ3) is 3.74. The number of aromatic nitrogens is 2. The van der Waals surface area contributed by atoms with Crippen LogP contribution in [0.15, 0.2) is 78.5 Å². The summed E-state index contributed by atoms with van der Waals surface area (Å²) in [5.74, 6) is -10.7. The lowest BCUT2D eigenvalue weighted by atomic mass is 10.1. The van der Waals surface area contributed by atoms with Gasteiger partial charge in [0, 0.05) is 0 Å². The minimum Gasteiger partial charge on any atom is -0.412 e. The van der Waals surface area contributed by atoms with Crippen LogP contribution < -0.4 is 11.0 Å². The average molecular weight is 701 g/mol. The SMILES string of the molecule is Fc1ccc(F)c2c1C1=NC2=Nc2c3c(F)ccc(F)c3c3[n]2[Al][n]2c(c4c(F)ccc(F)c4c2=NC2=NC(=N3)c3c(F)ccc(F)c32)=N1.O. The first-order valence-corrected chi connectivity index (χ1v) is 15.3. The van der Waals surface area contributed by atoms with Crippen LogP contribution in [0.4, 0.5) is 46.8 Å². The van der Waals surface area contributed by atoms with Crippen LogP contribution in [0, 0.1) is 46.5 Å². The van der Waals surface area contributed by atoms with Gasteiger partial charge in [-0.15, -0.1) is 0 Å². The largest absolute Gasteiger partial charge is 0.568 e. The molecule has 0 spiro atoms. The Morgan fingerprint density at radius 2 is 0.660 bits per heavy atom. The molecular formula is C32H10AlF8N8O. The second-order valence-electron chi connectivity index (χ2n) is 11.2. The van der Waals surface area contributed by atoms with Crippen molar-refractivity contribution in [1.82, 2.24) is 7.10 Å². The predicted octanol–water partition coefficient (Wildman–Crippen LogP) is 4.76. The average Bonchev–Trinajstić information content (AvgIpc) is 3.79. The summed E-state index contributed by atoms with van der Waals surface area (Å²) in [6, 6.07) is 6.50. The molecule has 9 nitrogen and oxygen atoms in total. The Bertz CT molecular complexity index is 2720. The fourth-order valence-corrected chi connectivity index (χ4v) is 7.98. The van der Waals surface area contributed by atoms with E-state index in [0.29, 0.717) is 0 Å². The maximum Gasteiger partial charge on any atom is 0.568 e. The number of aliphatic imine (C=N–C) groups is 4. The highest BCUT2D eigenvalue weighted by Crippen LogP contribution is 2.43. The molecule has 0 aliphatic carbocycles. The first-order valence-electron chi connectivity index (χ1n) is 14.2. The molecule has 0 atom stereocenters. The molecule has 50 heavy (non-hydrogen) atoms. The first kappa shape index (κ1) is 30.2. The quantitative estimate of drug-likeness (QED) is 0.161. The standard InChI is InChI=1S/C32H8F8N8.Al.H2O/c33-9-1-2-10(34)18-17(9)25-41-26(18)46-28-21-13(37)5-6-14(38)22(21)30(43-28)48-32-24-16(40)8-7-15(39)23(24)31(44-32)47-29-20-12(36)4-3-11(35)19(20)27(42-29)45-25;;/h1-8H;;1H2/q-2;+2;. The van der Waals surface area contributed by atoms with Gasteiger partial charge >= 0.3 is 15.7 Å². The molecular weight excluding hydrogens is 691 g/mol. The Kier molecular flexibility index (Phi) is 6.11. The summed E-state index contributed by atoms with van der Waals surface area (Å²) in [6.45, 7) is 0. The number of halogens is 8. The van der Waals surface area contributed by atoms with Crippen LogP contribution in [-0.4, -0.2) is 51.6 Å². The van der Waals surface area contributed by atoms with E-state index in [2.05, 4.69) is 30.0 Å². The van der Waals surface area contributed by atoms with Gasteiger partial charge in [0.15, 0.2) is 23.3 Å². The Morgan fingerprint density at radius 1 is 0.360 bits per heavy atom. The van der Waals surface area contributed by atoms with Gasteiger partial charge in [-0.1, -0.05) is 0 Å². The summed E-state index contributed by atoms with van der Waals surface area (Å²) in [6.07, 6.45) is 0. The van der Waals surface area contributed by atoms with E-state index in [0.717, 1.165) is 48.5 Å². The number of amidine groups is 4. The zero-order valence-corrected chi connectivity index (χ0v) is 25.5. The molecule has 10 rings (SSSR count). The second-order valence-corrected chi connectivity index (χ2v) is 12.5. The number of hydrogen-bond donors (Lipinski definition) is 0. The van der Waals surface area contributed by atoms with Gasteiger partial charge < -0.3 is 12.6 Å². The number of nitrogens with zero attached hydrogens (tertiary/aromatic N) is 8. The summed E-state index contributed by atoms with van der Waals surface area (Å²) in [5.41, 5.74) is -2.67. The number of benzene rings is 4. The lowest BCUT2D eigenvalue weighted by Crippen LogP contribution is -2.37. The second kappa shape index (κ2) is 10.1. The van der Waals surface area contributed by atoms with E-state index in [1.165, 1.54) is 7.10 Å². The van der Waals surface area contributed by atoms with Crippen LogP contribution in [0.5, 0.6) is 0 Å². The third-order valence-corrected chi connectivity index (χ3v) is 10.1. The molecule has 2 aromatic heterocycles. The van der Waals surface area contributed by atoms with Crippen LogP contribution in [0.3, 0.4) is 0 Å². The molecule has 4 aromatic carbocycles. The van der Waals surface area contributed by atoms with Crippen molar-refractivity contribution in [2.24, 2.45) is 30.0 Å². The Balaban J connectivity index is 0.00000336. The molecule has 0 saturated heterocycles. The van der Waals surface area contributed by atoms with Crippen LogP contribution in [0.2, 0.25) is 0 Å². The molecule has 1 radical (unpaired) electrons. The fourth-order valence-electron chi connectivity index (χ4n) is 6.56. The van der Waals surface area contributed by atoms with Crippen LogP contribution in [-0.2, 0) is 0 Å². The molecule has 4 aliphatic heterocycles. The van der Waals surface area contributed by atoms with Crippen molar-refractivity contribution in [2.75, 3.05) is 0 Å². The smallest absolute Gasteiger partial charge is 0.412 e. The molecule has 0 saturated carbocycles. The van der Waals surface area contributed by atoms with E-state index in [4.69, 9.17) is 0 Å². The Morgan fingerprint density at radius 3 is 1.02 bits per heavy atom. The van der Waals surface area contributed by atoms with E-state index >= 15 is 35.1 Å². The van der Waals surface area contributed by atoms with E-state index in [1.807, 2.05) is 0 Å². The van der Waals surface area contributed by atoms with Crippen molar-refractivity contribution in [1.29, 1.82) is 0 Å². The van der Waals surface area contributed by atoms with Crippen molar-refractivity contribution in [3.05, 3.63) is 128 Å². The molecule has 0 amide bonds. The summed E-state index contributed by atoms with van der Waals surface area (Å²) >= 11 is -1.74. The molecule has 243 valence electrons. The summed E-state index contributed by atoms with van der Waals surface area (Å²) in [7, 11) is 0. The number of fused-ring (bicyclic) bond motifs is 14. The lowest BCUT2D eigenvalue weighted by Gasteiger charge is -2.11. The molecule has 0 fully saturated rings. The fraction of sp³-hybridized carbons (Fsp3) is 0. The maximum absolute atomic E-state index is 15.9. The zero-order valence-electron chi connectivity index (χ0n) is 24.3. The highest BCUT2D eigenvalue weighted by atomic mass is 27.1. The topological polar surface area (TPSA) is 116 Å². The zero-order chi connectivity index (χ0) is 33.6. The molecule has 6 aromatic rings. The van der Waals surface area contributed by atoms with Crippen molar-refractivity contribution < 1.29 is 40.6 Å². The van der Waals surface area contributed by atoms with Crippen molar-refractivity contribution in [3.8, 4) is 0 Å². The monoisotopic (exact) mass is 701 g/mol. The van der Waals surface area contributed by atoms with E-state index in [-0.39, 0.29) is 5.48 Å². The normalized spacial score (nSPS) is 14.8. The van der Waals surface area contributed by atoms with E-state index in [1.54, 1.807) is 0 Å². The van der Waals surface area contributed by atoms with Crippen LogP contribution in [0.25, 0.3) is 21.5 Å². The molecule has 0 unspecified atom stereocenters. The van der Waals surface area contributed by atoms with Gasteiger partial charge in [0.25, 0.3) is 0 Å². The van der Waals surface area contributed by atoms with Gasteiger partial charge in [-0.2, -0.15) is 0 Å². The van der Waals surface area contributed by atoms with Crippen molar-refractivity contribution in [3.63, 3.8) is 0 Å². The van der Waals surface area contributed by atoms with Gasteiger partial charge in [0.05, 0.1) is 43.8 Å². The highest BCUT2D eigenvalue weighted by Gasteiger charge is 2.36. The van der Waals surface area contributed by atoms with Gasteiger partial charge in [0.1, 0.15) is 69.1 Å². The molecule has 4 aliphatic rings. The van der Waals surface area contributed by atoms with E-state index in [9.17, 15) is 0 Å². The van der Waals surface area contributed by atoms with Crippen molar-refractivity contribution in [2.45, 2.75) is 0 Å². The molecule has 6 bridgehead atoms. The van der Waals surface area contributed by atoms with Gasteiger partial charge in [-0.3, -0.25) is 0 Å². The Hall–Kier alpha value is -5.83. The minimum absolute atomic E-state index is 0. The van der Waals surface area contributed by atoms with E-state index < -0.39 is 152 Å². The lowest BCUT2D eigenvalue weighted by molar-refractivity contribution is 0.596. The molecule has 2 N–H and O–H groups in total. The number of rotatable bonds is 0. The highest BCUT2D eigenvalue weighted by molar-refractivity contribution is 6.37. The number of hydrogen-bond acceptors (Lipinski definition) is 6. The van der Waals surface area contributed by atoms with Crippen molar-refractivity contribution >= 4 is 72.2 Å². The first-order chi connectivity index (χ1) is 23.6. The Labute approximate surface area is 277 Å². The van der Waals surface area contributed by atoms with Gasteiger partial charge in [-0.05, 0) is 48.5 Å². The minimum atomic E-state index is -1.74.